The van der Waals surface area contributed by atoms with Crippen LogP contribution in [-0.2, 0) is 20.9 Å². The molecular formula is C14H15FKNO6. The molecule has 0 saturated carbocycles. The second-order valence-corrected chi connectivity index (χ2v) is 4.18. The van der Waals surface area contributed by atoms with Gasteiger partial charge in [-0.1, -0.05) is 19.4 Å². The van der Waals surface area contributed by atoms with Gasteiger partial charge in [-0.15, -0.1) is 0 Å². The molecule has 0 N–H and O–H groups in total. The van der Waals surface area contributed by atoms with Gasteiger partial charge in [-0.3, -0.25) is 10.1 Å². The van der Waals surface area contributed by atoms with Crippen molar-refractivity contribution in [2.75, 3.05) is 0 Å². The van der Waals surface area contributed by atoms with Crippen molar-refractivity contribution >= 4 is 69.2 Å². The quantitative estimate of drug-likeness (QED) is 0.195. The number of carbonyl (C=O) groups excluding carboxylic acids is 2. The van der Waals surface area contributed by atoms with Gasteiger partial charge in [-0.25, -0.2) is 14.0 Å². The van der Waals surface area contributed by atoms with E-state index in [9.17, 15) is 24.1 Å². The van der Waals surface area contributed by atoms with Crippen LogP contribution in [0.4, 0.5) is 14.9 Å². The van der Waals surface area contributed by atoms with Gasteiger partial charge in [-0.05, 0) is 18.6 Å². The zero-order chi connectivity index (χ0) is 16.5. The molecule has 23 heavy (non-hydrogen) atoms. The summed E-state index contributed by atoms with van der Waals surface area (Å²) in [6.45, 7) is 1.40. The third-order valence-electron chi connectivity index (χ3n) is 2.48. The number of benzene rings is 1. The second-order valence-electron chi connectivity index (χ2n) is 4.18. The zero-order valence-corrected chi connectivity index (χ0v) is 11.8. The van der Waals surface area contributed by atoms with Crippen molar-refractivity contribution in [2.24, 2.45) is 0 Å². The molecule has 0 fully saturated rings. The second kappa shape index (κ2) is 11.4. The molecule has 0 aliphatic heterocycles. The van der Waals surface area contributed by atoms with Gasteiger partial charge in [0.2, 0.25) is 0 Å². The maximum atomic E-state index is 12.9. The van der Waals surface area contributed by atoms with E-state index in [2.05, 4.69) is 9.47 Å². The number of carbonyl (C=O) groups is 2. The van der Waals surface area contributed by atoms with Crippen LogP contribution in [-0.4, -0.2) is 68.4 Å². The summed E-state index contributed by atoms with van der Waals surface area (Å²) in [5.41, 5.74) is -0.542. The Hall–Kier alpha value is -1.13. The first-order valence-electron chi connectivity index (χ1n) is 6.42. The van der Waals surface area contributed by atoms with Crippen molar-refractivity contribution < 1.29 is 28.4 Å². The third kappa shape index (κ3) is 8.33. The molecule has 1 rings (SSSR count). The molecule has 0 amide bonds. The molecule has 0 atom stereocenters. The monoisotopic (exact) mass is 351 g/mol. The number of halogens is 1. The predicted octanol–water partition coefficient (Wildman–Crippen LogP) is 2.62. The van der Waals surface area contributed by atoms with Gasteiger partial charge in [0.1, 0.15) is 12.4 Å². The summed E-state index contributed by atoms with van der Waals surface area (Å²) in [4.78, 5) is 32.4. The molecule has 1 aromatic carbocycles. The molecule has 0 unspecified atom stereocenters. The van der Waals surface area contributed by atoms with Crippen molar-refractivity contribution in [3.63, 3.8) is 0 Å². The third-order valence-corrected chi connectivity index (χ3v) is 2.48. The number of nitrogens with zero attached hydrogens (tertiary/aromatic N) is 1. The summed E-state index contributed by atoms with van der Waals surface area (Å²) in [6.07, 6.45) is 2.84. The number of esters is 1. The first kappa shape index (κ1) is 21.9. The average molecular weight is 351 g/mol. The number of nitro groups is 1. The average Bonchev–Trinajstić information content (AvgIpc) is 2.46. The summed E-state index contributed by atoms with van der Waals surface area (Å²) in [7, 11) is 0. The molecule has 0 saturated heterocycles. The topological polar surface area (TPSA) is 95.7 Å². The van der Waals surface area contributed by atoms with Crippen LogP contribution >= 0.6 is 0 Å². The van der Waals surface area contributed by atoms with Gasteiger partial charge in [0, 0.05) is 6.08 Å². The van der Waals surface area contributed by atoms with Crippen molar-refractivity contribution in [2.45, 2.75) is 26.4 Å². The number of nitro benzene ring substituents is 1. The molecule has 0 heterocycles. The SMILES string of the molecule is CCCC=CC(=O)OC(=O)OCc1ccc(F)cc1[N+](=O)[O-].[KH]. The van der Waals surface area contributed by atoms with Crippen molar-refractivity contribution in [3.05, 3.63) is 51.8 Å². The van der Waals surface area contributed by atoms with Crippen molar-refractivity contribution in [1.29, 1.82) is 0 Å². The van der Waals surface area contributed by atoms with Gasteiger partial charge in [-0.2, -0.15) is 0 Å². The Morgan fingerprint density at radius 1 is 1.39 bits per heavy atom. The van der Waals surface area contributed by atoms with Crippen LogP contribution in [0.2, 0.25) is 0 Å². The van der Waals surface area contributed by atoms with Gasteiger partial charge >= 0.3 is 63.5 Å². The van der Waals surface area contributed by atoms with Gasteiger partial charge < -0.3 is 9.47 Å². The molecular weight excluding hydrogens is 336 g/mol. The Bertz CT molecular complexity index is 605. The van der Waals surface area contributed by atoms with Crippen LogP contribution in [0, 0.1) is 15.9 Å². The molecule has 0 spiro atoms. The van der Waals surface area contributed by atoms with Gasteiger partial charge in [0.15, 0.2) is 0 Å². The Labute approximate surface area is 174 Å². The number of unbranched alkanes of at least 4 members (excludes halogenated alkanes) is 1. The van der Waals surface area contributed by atoms with Crippen LogP contribution < -0.4 is 0 Å². The van der Waals surface area contributed by atoms with E-state index in [1.54, 1.807) is 6.08 Å². The van der Waals surface area contributed by atoms with E-state index < -0.39 is 35.2 Å². The maximum absolute atomic E-state index is 12.9. The van der Waals surface area contributed by atoms with Crippen LogP contribution in [0.3, 0.4) is 0 Å². The Morgan fingerprint density at radius 2 is 2.09 bits per heavy atom. The predicted molar refractivity (Wildman–Crippen MR) is 80.5 cm³/mol. The van der Waals surface area contributed by atoms with Gasteiger partial charge in [0.25, 0.3) is 5.69 Å². The summed E-state index contributed by atoms with van der Waals surface area (Å²) in [5, 5.41) is 10.7. The standard InChI is InChI=1S/C14H14FNO6.K.H/c1-2-3-4-5-13(17)22-14(18)21-9-10-6-7-11(15)8-12(10)16(19)20;;/h4-8H,2-3,9H2,1H3;;. The fourth-order valence-corrected chi connectivity index (χ4v) is 1.46. The summed E-state index contributed by atoms with van der Waals surface area (Å²) in [6, 6.07) is 2.82. The van der Waals surface area contributed by atoms with Crippen molar-refractivity contribution in [3.8, 4) is 0 Å². The fraction of sp³-hybridized carbons (Fsp3) is 0.286. The van der Waals surface area contributed by atoms with E-state index >= 15 is 0 Å². The number of hydrogen-bond donors (Lipinski definition) is 0. The fourth-order valence-electron chi connectivity index (χ4n) is 1.46. The molecule has 9 heteroatoms. The Morgan fingerprint density at radius 3 is 2.70 bits per heavy atom. The van der Waals surface area contributed by atoms with E-state index in [0.29, 0.717) is 12.5 Å². The molecule has 0 aromatic heterocycles. The minimum absolute atomic E-state index is 0. The van der Waals surface area contributed by atoms with Crippen LogP contribution in [0.5, 0.6) is 0 Å². The van der Waals surface area contributed by atoms with E-state index in [0.717, 1.165) is 24.6 Å². The molecule has 0 aliphatic carbocycles. The first-order valence-corrected chi connectivity index (χ1v) is 6.42. The van der Waals surface area contributed by atoms with E-state index in [1.807, 2.05) is 6.92 Å². The van der Waals surface area contributed by atoms with E-state index in [4.69, 9.17) is 0 Å². The Balaban J connectivity index is 0.00000484. The molecule has 7 nitrogen and oxygen atoms in total. The molecule has 0 bridgehead atoms. The molecule has 0 aliphatic rings. The van der Waals surface area contributed by atoms with Crippen LogP contribution in [0.1, 0.15) is 25.3 Å². The summed E-state index contributed by atoms with van der Waals surface area (Å²) < 4.78 is 21.8. The summed E-state index contributed by atoms with van der Waals surface area (Å²) in [5.74, 6) is -1.68. The number of hydrogen-bond acceptors (Lipinski definition) is 6. The normalized spacial score (nSPS) is 10.0. The summed E-state index contributed by atoms with van der Waals surface area (Å²) >= 11 is 0. The van der Waals surface area contributed by atoms with Crippen LogP contribution in [0.25, 0.3) is 0 Å². The number of rotatable bonds is 6. The van der Waals surface area contributed by atoms with Gasteiger partial charge in [0.05, 0.1) is 16.6 Å². The molecule has 1 aromatic rings. The molecule has 0 radical (unpaired) electrons. The Kier molecular flexibility index (Phi) is 10.8. The first-order chi connectivity index (χ1) is 10.4. The van der Waals surface area contributed by atoms with E-state index in [1.165, 1.54) is 0 Å². The zero-order valence-electron chi connectivity index (χ0n) is 11.8. The minimum atomic E-state index is -1.29. The molecule has 120 valence electrons. The van der Waals surface area contributed by atoms with Crippen molar-refractivity contribution in [1.82, 2.24) is 0 Å². The number of ether oxygens (including phenoxy) is 2. The number of allylic oxidation sites excluding steroid dienone is 1. The van der Waals surface area contributed by atoms with Crippen LogP contribution in [0.15, 0.2) is 30.4 Å². The van der Waals surface area contributed by atoms with E-state index in [-0.39, 0.29) is 56.9 Å².